The van der Waals surface area contributed by atoms with Crippen molar-refractivity contribution in [1.29, 1.82) is 0 Å². The summed E-state index contributed by atoms with van der Waals surface area (Å²) in [7, 11) is 2.12. The third kappa shape index (κ3) is 4.27. The van der Waals surface area contributed by atoms with Crippen molar-refractivity contribution in [2.75, 3.05) is 43.0 Å². The standard InChI is InChI=1S/C29H30N4O3/c1-19-6-7-21(17-20(19)2)27(34)25-26(22-5-4-12-30-18-22)33(29(36)28(25)35)24-10-8-23(9-11-24)32-15-13-31(3)14-16-32/h4-12,17-18,26,34H,13-16H2,1-3H3/b27-25-. The minimum absolute atomic E-state index is 0.0689. The van der Waals surface area contributed by atoms with Gasteiger partial charge in [-0.3, -0.25) is 19.5 Å². The molecule has 0 bridgehead atoms. The van der Waals surface area contributed by atoms with Gasteiger partial charge in [0.15, 0.2) is 0 Å². The van der Waals surface area contributed by atoms with Crippen LogP contribution < -0.4 is 9.80 Å². The van der Waals surface area contributed by atoms with Gasteiger partial charge in [-0.1, -0.05) is 18.2 Å². The second kappa shape index (κ2) is 9.59. The number of hydrogen-bond donors (Lipinski definition) is 1. The van der Waals surface area contributed by atoms with Crippen molar-refractivity contribution in [2.45, 2.75) is 19.9 Å². The number of anilines is 2. The molecule has 1 N–H and O–H groups in total. The zero-order chi connectivity index (χ0) is 25.4. The number of aromatic nitrogens is 1. The molecule has 2 fully saturated rings. The van der Waals surface area contributed by atoms with Crippen LogP contribution in [0.5, 0.6) is 0 Å². The van der Waals surface area contributed by atoms with Crippen LogP contribution in [0.25, 0.3) is 5.76 Å². The topological polar surface area (TPSA) is 77.0 Å². The fraction of sp³-hybridized carbons (Fsp3) is 0.276. The number of likely N-dealkylation sites (N-methyl/N-ethyl adjacent to an activating group) is 1. The molecule has 0 aliphatic carbocycles. The maximum Gasteiger partial charge on any atom is 0.300 e. The number of pyridine rings is 1. The Kier molecular flexibility index (Phi) is 6.33. The summed E-state index contributed by atoms with van der Waals surface area (Å²) in [5, 5.41) is 11.3. The van der Waals surface area contributed by atoms with E-state index in [4.69, 9.17) is 0 Å². The van der Waals surface area contributed by atoms with E-state index in [0.717, 1.165) is 43.0 Å². The molecule has 36 heavy (non-hydrogen) atoms. The van der Waals surface area contributed by atoms with Gasteiger partial charge in [-0.05, 0) is 74.0 Å². The fourth-order valence-corrected chi connectivity index (χ4v) is 4.88. The zero-order valence-electron chi connectivity index (χ0n) is 20.8. The van der Waals surface area contributed by atoms with Gasteiger partial charge in [0, 0.05) is 55.5 Å². The van der Waals surface area contributed by atoms with Gasteiger partial charge in [-0.25, -0.2) is 0 Å². The van der Waals surface area contributed by atoms with Crippen molar-refractivity contribution in [3.63, 3.8) is 0 Å². The van der Waals surface area contributed by atoms with Crippen LogP contribution in [-0.4, -0.2) is 59.9 Å². The quantitative estimate of drug-likeness (QED) is 0.343. The highest BCUT2D eigenvalue weighted by molar-refractivity contribution is 6.51. The van der Waals surface area contributed by atoms with Crippen LogP contribution in [0.1, 0.15) is 28.3 Å². The molecule has 184 valence electrons. The van der Waals surface area contributed by atoms with Gasteiger partial charge >= 0.3 is 0 Å². The Morgan fingerprint density at radius 3 is 2.25 bits per heavy atom. The Bertz CT molecular complexity index is 1330. The molecular formula is C29H30N4O3. The zero-order valence-corrected chi connectivity index (χ0v) is 20.8. The summed E-state index contributed by atoms with van der Waals surface area (Å²) in [5.41, 5.74) is 4.99. The Labute approximate surface area is 211 Å². The summed E-state index contributed by atoms with van der Waals surface area (Å²) in [6.45, 7) is 7.80. The summed E-state index contributed by atoms with van der Waals surface area (Å²) in [6, 6.07) is 16.0. The van der Waals surface area contributed by atoms with E-state index in [9.17, 15) is 14.7 Å². The average molecular weight is 483 g/mol. The highest BCUT2D eigenvalue weighted by Crippen LogP contribution is 2.42. The van der Waals surface area contributed by atoms with Gasteiger partial charge in [-0.2, -0.15) is 0 Å². The van der Waals surface area contributed by atoms with Gasteiger partial charge in [0.05, 0.1) is 11.6 Å². The molecule has 2 aliphatic heterocycles. The molecule has 7 nitrogen and oxygen atoms in total. The molecule has 3 heterocycles. The van der Waals surface area contributed by atoms with Gasteiger partial charge in [-0.15, -0.1) is 0 Å². The molecule has 2 aromatic carbocycles. The highest BCUT2D eigenvalue weighted by Gasteiger charge is 2.47. The van der Waals surface area contributed by atoms with Crippen molar-refractivity contribution in [1.82, 2.24) is 9.88 Å². The molecule has 1 aromatic heterocycles. The molecule has 1 atom stereocenters. The fourth-order valence-electron chi connectivity index (χ4n) is 4.88. The van der Waals surface area contributed by atoms with Gasteiger partial charge in [0.1, 0.15) is 5.76 Å². The molecule has 3 aromatic rings. The molecule has 2 aliphatic rings. The summed E-state index contributed by atoms with van der Waals surface area (Å²) >= 11 is 0. The number of amides is 1. The third-order valence-corrected chi connectivity index (χ3v) is 7.22. The van der Waals surface area contributed by atoms with Crippen molar-refractivity contribution in [3.8, 4) is 0 Å². The maximum atomic E-state index is 13.4. The van der Waals surface area contributed by atoms with Crippen LogP contribution >= 0.6 is 0 Å². The Balaban J connectivity index is 1.57. The first-order valence-corrected chi connectivity index (χ1v) is 12.2. The van der Waals surface area contributed by atoms with Gasteiger partial charge in [0.25, 0.3) is 11.7 Å². The smallest absolute Gasteiger partial charge is 0.300 e. The van der Waals surface area contributed by atoms with E-state index < -0.39 is 17.7 Å². The number of ketones is 1. The Hall–Kier alpha value is -3.97. The van der Waals surface area contributed by atoms with Crippen molar-refractivity contribution in [2.24, 2.45) is 0 Å². The largest absolute Gasteiger partial charge is 0.507 e. The predicted molar refractivity (Wildman–Crippen MR) is 141 cm³/mol. The number of piperazine rings is 1. The van der Waals surface area contributed by atoms with Gasteiger partial charge < -0.3 is 14.9 Å². The van der Waals surface area contributed by atoms with Crippen molar-refractivity contribution >= 4 is 28.8 Å². The lowest BCUT2D eigenvalue weighted by atomic mass is 9.95. The van der Waals surface area contributed by atoms with Crippen LogP contribution in [0, 0.1) is 13.8 Å². The second-order valence-corrected chi connectivity index (χ2v) is 9.56. The number of aliphatic hydroxyl groups excluding tert-OH is 1. The first kappa shape index (κ1) is 23.8. The normalized spacial score (nSPS) is 20.2. The summed E-state index contributed by atoms with van der Waals surface area (Å²) in [6.07, 6.45) is 3.28. The summed E-state index contributed by atoms with van der Waals surface area (Å²) in [4.78, 5) is 37.0. The molecule has 2 saturated heterocycles. The third-order valence-electron chi connectivity index (χ3n) is 7.22. The minimum Gasteiger partial charge on any atom is -0.507 e. The second-order valence-electron chi connectivity index (χ2n) is 9.56. The summed E-state index contributed by atoms with van der Waals surface area (Å²) in [5.74, 6) is -1.55. The molecule has 5 rings (SSSR count). The van der Waals surface area contributed by atoms with Crippen LogP contribution in [0.2, 0.25) is 0 Å². The molecule has 1 unspecified atom stereocenters. The lowest BCUT2D eigenvalue weighted by Gasteiger charge is -2.34. The van der Waals surface area contributed by atoms with E-state index in [2.05, 4.69) is 21.8 Å². The number of aryl methyl sites for hydroxylation is 2. The van der Waals surface area contributed by atoms with Crippen LogP contribution in [0.3, 0.4) is 0 Å². The van der Waals surface area contributed by atoms with E-state index in [-0.39, 0.29) is 11.3 Å². The Morgan fingerprint density at radius 2 is 1.61 bits per heavy atom. The Morgan fingerprint density at radius 1 is 0.917 bits per heavy atom. The number of carbonyl (C=O) groups excluding carboxylic acids is 2. The number of aliphatic hydroxyl groups is 1. The van der Waals surface area contributed by atoms with Crippen LogP contribution in [-0.2, 0) is 9.59 Å². The van der Waals surface area contributed by atoms with E-state index >= 15 is 0 Å². The molecule has 0 radical (unpaired) electrons. The number of carbonyl (C=O) groups is 2. The van der Waals surface area contributed by atoms with E-state index in [0.29, 0.717) is 16.8 Å². The van der Waals surface area contributed by atoms with Crippen molar-refractivity contribution in [3.05, 3.63) is 94.8 Å². The van der Waals surface area contributed by atoms with Crippen LogP contribution in [0.4, 0.5) is 11.4 Å². The molecule has 1 amide bonds. The molecule has 0 spiro atoms. The first-order chi connectivity index (χ1) is 17.3. The van der Waals surface area contributed by atoms with E-state index in [1.165, 1.54) is 4.90 Å². The monoisotopic (exact) mass is 482 g/mol. The van der Waals surface area contributed by atoms with E-state index in [1.54, 1.807) is 24.5 Å². The number of nitrogens with zero attached hydrogens (tertiary/aromatic N) is 4. The molecule has 7 heteroatoms. The number of rotatable bonds is 4. The van der Waals surface area contributed by atoms with E-state index in [1.807, 2.05) is 56.3 Å². The first-order valence-electron chi connectivity index (χ1n) is 12.2. The molecule has 0 saturated carbocycles. The number of benzene rings is 2. The van der Waals surface area contributed by atoms with Crippen LogP contribution in [0.15, 0.2) is 72.6 Å². The molecular weight excluding hydrogens is 452 g/mol. The lowest BCUT2D eigenvalue weighted by molar-refractivity contribution is -0.132. The SMILES string of the molecule is Cc1ccc(/C(O)=C2/C(=O)C(=O)N(c3ccc(N4CCN(C)CC4)cc3)C2c2cccnc2)cc1C. The maximum absolute atomic E-state index is 13.4. The van der Waals surface area contributed by atoms with Gasteiger partial charge in [0.2, 0.25) is 0 Å². The minimum atomic E-state index is -0.783. The number of Topliss-reactive ketones (excluding diaryl/α,β-unsaturated/α-hetero) is 1. The summed E-state index contributed by atoms with van der Waals surface area (Å²) < 4.78 is 0. The van der Waals surface area contributed by atoms with Crippen molar-refractivity contribution < 1.29 is 14.7 Å². The lowest BCUT2D eigenvalue weighted by Crippen LogP contribution is -2.44. The highest BCUT2D eigenvalue weighted by atomic mass is 16.3. The average Bonchev–Trinajstić information content (AvgIpc) is 3.16. The predicted octanol–water partition coefficient (Wildman–Crippen LogP) is 4.08. The number of hydrogen-bond acceptors (Lipinski definition) is 6.